The van der Waals surface area contributed by atoms with Crippen molar-refractivity contribution >= 4 is 0 Å². The second-order valence-corrected chi connectivity index (χ2v) is 4.26. The normalized spacial score (nSPS) is 22.1. The van der Waals surface area contributed by atoms with E-state index in [2.05, 4.69) is 0 Å². The smallest absolute Gasteiger partial charge is 0.0808 e. The maximum Gasteiger partial charge on any atom is 0.0808 e. The van der Waals surface area contributed by atoms with Gasteiger partial charge < -0.3 is 9.85 Å². The average molecular weight is 157 g/mol. The van der Waals surface area contributed by atoms with Gasteiger partial charge in [-0.05, 0) is 12.8 Å². The summed E-state index contributed by atoms with van der Waals surface area (Å²) in [6.45, 7) is 0.819. The van der Waals surface area contributed by atoms with E-state index in [-0.39, 0.29) is 4.65 Å². The molecule has 0 aromatic rings. The molecule has 2 heteroatoms. The van der Waals surface area contributed by atoms with Crippen LogP contribution >= 0.6 is 0 Å². The lowest BCUT2D eigenvalue weighted by Crippen LogP contribution is -2.37. The van der Waals surface area contributed by atoms with Crippen molar-refractivity contribution in [2.24, 2.45) is 5.92 Å². The molecule has 0 unspecified atom stereocenters. The van der Waals surface area contributed by atoms with Gasteiger partial charge in [0.1, 0.15) is 0 Å². The van der Waals surface area contributed by atoms with Gasteiger partial charge in [0.2, 0.25) is 0 Å². The fourth-order valence-electron chi connectivity index (χ4n) is 1.99. The molecule has 0 aromatic heterocycles. The molecule has 66 valence electrons. The van der Waals surface area contributed by atoms with Crippen molar-refractivity contribution in [3.63, 3.8) is 0 Å². The van der Waals surface area contributed by atoms with E-state index in [1.165, 1.54) is 32.1 Å². The molecule has 0 saturated heterocycles. The van der Waals surface area contributed by atoms with Crippen LogP contribution in [0.2, 0.25) is 0 Å². The minimum atomic E-state index is -0.106. The van der Waals surface area contributed by atoms with Gasteiger partial charge in [-0.15, -0.1) is 0 Å². The van der Waals surface area contributed by atoms with Gasteiger partial charge >= 0.3 is 0 Å². The molecule has 0 N–H and O–H groups in total. The summed E-state index contributed by atoms with van der Waals surface area (Å²) in [6.07, 6.45) is 6.62. The lowest BCUT2D eigenvalue weighted by Gasteiger charge is -2.38. The molecular weight excluding hydrogens is 138 g/mol. The molecule has 1 rings (SSSR count). The zero-order chi connectivity index (χ0) is 8.32. The summed E-state index contributed by atoms with van der Waals surface area (Å²) in [4.78, 5) is 0. The van der Waals surface area contributed by atoms with Crippen LogP contribution in [0, 0.1) is 11.1 Å². The summed E-state index contributed by atoms with van der Waals surface area (Å²) >= 11 is 0. The van der Waals surface area contributed by atoms with E-state index < -0.39 is 0 Å². The number of rotatable bonds is 2. The molecule has 0 bridgehead atoms. The molecule has 1 aliphatic rings. The second-order valence-electron chi connectivity index (χ2n) is 4.26. The summed E-state index contributed by atoms with van der Waals surface area (Å²) in [7, 11) is 3.49. The molecule has 0 aromatic carbocycles. The summed E-state index contributed by atoms with van der Waals surface area (Å²) in [5, 5.41) is 11.3. The number of nitrogens with zero attached hydrogens (tertiary/aromatic N) is 1. The van der Waals surface area contributed by atoms with E-state index >= 15 is 0 Å². The molecule has 11 heavy (non-hydrogen) atoms. The van der Waals surface area contributed by atoms with Crippen LogP contribution in [-0.4, -0.2) is 25.3 Å². The van der Waals surface area contributed by atoms with E-state index in [9.17, 15) is 5.21 Å². The Bertz CT molecular complexity index is 111. The molecule has 0 atom stereocenters. The predicted octanol–water partition coefficient (Wildman–Crippen LogP) is 2.14. The van der Waals surface area contributed by atoms with Crippen LogP contribution in [0.4, 0.5) is 0 Å². The summed E-state index contributed by atoms with van der Waals surface area (Å²) in [5.74, 6) is 0.705. The van der Waals surface area contributed by atoms with Crippen LogP contribution < -0.4 is 0 Å². The highest BCUT2D eigenvalue weighted by atomic mass is 16.5. The number of hydroxylamine groups is 3. The van der Waals surface area contributed by atoms with Gasteiger partial charge in [-0.3, -0.25) is 0 Å². The first kappa shape index (κ1) is 9.01. The standard InChI is InChI=1S/C9H19NO/c1-10(2,11)8-9-6-4-3-5-7-9/h9H,3-8H2,1-2H3. The van der Waals surface area contributed by atoms with E-state index in [1.54, 1.807) is 14.1 Å². The maximum absolute atomic E-state index is 11.3. The largest absolute Gasteiger partial charge is 0.633 e. The van der Waals surface area contributed by atoms with Crippen molar-refractivity contribution in [3.8, 4) is 0 Å². The third-order valence-corrected chi connectivity index (χ3v) is 2.42. The first-order valence-corrected chi connectivity index (χ1v) is 4.62. The lowest BCUT2D eigenvalue weighted by molar-refractivity contribution is -0.843. The monoisotopic (exact) mass is 157 g/mol. The van der Waals surface area contributed by atoms with Crippen LogP contribution in [-0.2, 0) is 0 Å². The third-order valence-electron chi connectivity index (χ3n) is 2.42. The maximum atomic E-state index is 11.3. The number of hydrogen-bond donors (Lipinski definition) is 0. The van der Waals surface area contributed by atoms with Gasteiger partial charge in [-0.2, -0.15) is 0 Å². The summed E-state index contributed by atoms with van der Waals surface area (Å²) < 4.78 is -0.106. The Morgan fingerprint density at radius 2 is 1.73 bits per heavy atom. The highest BCUT2D eigenvalue weighted by Crippen LogP contribution is 2.24. The molecule has 0 amide bonds. The van der Waals surface area contributed by atoms with Gasteiger partial charge in [-0.25, -0.2) is 0 Å². The van der Waals surface area contributed by atoms with Gasteiger partial charge in [0.25, 0.3) is 0 Å². The van der Waals surface area contributed by atoms with Crippen molar-refractivity contribution in [2.75, 3.05) is 20.6 Å². The summed E-state index contributed by atoms with van der Waals surface area (Å²) in [5.41, 5.74) is 0. The highest BCUT2D eigenvalue weighted by Gasteiger charge is 2.17. The molecule has 0 radical (unpaired) electrons. The first-order chi connectivity index (χ1) is 5.08. The van der Waals surface area contributed by atoms with Crippen LogP contribution in [0.5, 0.6) is 0 Å². The van der Waals surface area contributed by atoms with Crippen molar-refractivity contribution in [3.05, 3.63) is 5.21 Å². The first-order valence-electron chi connectivity index (χ1n) is 4.62. The Morgan fingerprint density at radius 3 is 2.18 bits per heavy atom. The number of hydrogen-bond acceptors (Lipinski definition) is 1. The molecule has 0 heterocycles. The fourth-order valence-corrected chi connectivity index (χ4v) is 1.99. The number of quaternary nitrogens is 1. The SMILES string of the molecule is C[N+](C)([O-])CC1CCCCC1. The summed E-state index contributed by atoms with van der Waals surface area (Å²) in [6, 6.07) is 0. The Labute approximate surface area is 69.4 Å². The van der Waals surface area contributed by atoms with Crippen molar-refractivity contribution in [1.82, 2.24) is 0 Å². The quantitative estimate of drug-likeness (QED) is 0.445. The Morgan fingerprint density at radius 1 is 1.18 bits per heavy atom. The van der Waals surface area contributed by atoms with Gasteiger partial charge in [-0.1, -0.05) is 19.3 Å². The predicted molar refractivity (Wildman–Crippen MR) is 46.9 cm³/mol. The van der Waals surface area contributed by atoms with Crippen LogP contribution in [0.1, 0.15) is 32.1 Å². The van der Waals surface area contributed by atoms with E-state index in [4.69, 9.17) is 0 Å². The van der Waals surface area contributed by atoms with Crippen molar-refractivity contribution in [1.29, 1.82) is 0 Å². The zero-order valence-corrected chi connectivity index (χ0v) is 7.68. The molecule has 0 spiro atoms. The zero-order valence-electron chi connectivity index (χ0n) is 7.68. The van der Waals surface area contributed by atoms with E-state index in [0.29, 0.717) is 5.92 Å². The Kier molecular flexibility index (Phi) is 2.90. The molecular formula is C9H19NO. The average Bonchev–Trinajstić information content (AvgIpc) is 1.85. The lowest BCUT2D eigenvalue weighted by atomic mass is 9.89. The van der Waals surface area contributed by atoms with Crippen molar-refractivity contribution < 1.29 is 4.65 Å². The molecule has 1 fully saturated rings. The van der Waals surface area contributed by atoms with Crippen LogP contribution in [0.15, 0.2) is 0 Å². The minimum absolute atomic E-state index is 0.106. The van der Waals surface area contributed by atoms with E-state index in [1.807, 2.05) is 0 Å². The minimum Gasteiger partial charge on any atom is -0.633 e. The fraction of sp³-hybridized carbons (Fsp3) is 1.00. The van der Waals surface area contributed by atoms with Gasteiger partial charge in [0.05, 0.1) is 20.6 Å². The third kappa shape index (κ3) is 3.73. The highest BCUT2D eigenvalue weighted by molar-refractivity contribution is 4.64. The molecule has 1 saturated carbocycles. The van der Waals surface area contributed by atoms with Crippen molar-refractivity contribution in [2.45, 2.75) is 32.1 Å². The van der Waals surface area contributed by atoms with Crippen LogP contribution in [0.3, 0.4) is 0 Å². The van der Waals surface area contributed by atoms with E-state index in [0.717, 1.165) is 6.54 Å². The molecule has 2 nitrogen and oxygen atoms in total. The Hall–Kier alpha value is -0.0800. The van der Waals surface area contributed by atoms with Gasteiger partial charge in [0, 0.05) is 5.92 Å². The molecule has 1 aliphatic carbocycles. The topological polar surface area (TPSA) is 23.1 Å². The molecule has 0 aliphatic heterocycles. The second kappa shape index (κ2) is 3.55. The van der Waals surface area contributed by atoms with Gasteiger partial charge in [0.15, 0.2) is 0 Å². The Balaban J connectivity index is 2.24. The van der Waals surface area contributed by atoms with Crippen LogP contribution in [0.25, 0.3) is 0 Å².